The van der Waals surface area contributed by atoms with Crippen molar-refractivity contribution in [2.24, 2.45) is 22.7 Å². The molecular weight excluding hydrogens is 272 g/mol. The standard InChI is InChI=1S/C20H32O2/c1-19(2,3)13-7-9-15-16-10-8-14(20(4,5)6)12-18(16)22-21-17(15)11-13/h11-12,15-18H,7-10H2,1-6H3/t15-,16+,17-,18-/m1/s1. The first-order chi connectivity index (χ1) is 10.2. The van der Waals surface area contributed by atoms with Gasteiger partial charge in [0, 0.05) is 0 Å². The Labute approximate surface area is 135 Å². The first-order valence-electron chi connectivity index (χ1n) is 8.91. The van der Waals surface area contributed by atoms with Crippen molar-refractivity contribution in [1.29, 1.82) is 0 Å². The maximum atomic E-state index is 5.82. The molecule has 0 amide bonds. The van der Waals surface area contributed by atoms with E-state index in [0.717, 1.165) is 0 Å². The minimum absolute atomic E-state index is 0.161. The average Bonchev–Trinajstić information content (AvgIpc) is 2.44. The van der Waals surface area contributed by atoms with E-state index in [4.69, 9.17) is 9.78 Å². The Morgan fingerprint density at radius 2 is 1.09 bits per heavy atom. The predicted octanol–water partition coefficient (Wildman–Crippen LogP) is 5.45. The van der Waals surface area contributed by atoms with Crippen LogP contribution < -0.4 is 0 Å². The first kappa shape index (κ1) is 16.3. The van der Waals surface area contributed by atoms with Gasteiger partial charge in [-0.2, -0.15) is 0 Å². The highest BCUT2D eigenvalue weighted by atomic mass is 17.2. The summed E-state index contributed by atoms with van der Waals surface area (Å²) in [6, 6.07) is 0. The Hall–Kier alpha value is -0.600. The van der Waals surface area contributed by atoms with Gasteiger partial charge in [0.1, 0.15) is 12.2 Å². The molecule has 0 saturated carbocycles. The highest BCUT2D eigenvalue weighted by Gasteiger charge is 2.44. The van der Waals surface area contributed by atoms with E-state index in [2.05, 4.69) is 53.7 Å². The largest absolute Gasteiger partial charge is 0.228 e. The lowest BCUT2D eigenvalue weighted by atomic mass is 9.67. The summed E-state index contributed by atoms with van der Waals surface area (Å²) < 4.78 is 0. The van der Waals surface area contributed by atoms with E-state index in [1.54, 1.807) is 0 Å². The van der Waals surface area contributed by atoms with Crippen molar-refractivity contribution in [3.05, 3.63) is 23.3 Å². The maximum absolute atomic E-state index is 5.82. The molecule has 0 aromatic heterocycles. The fourth-order valence-electron chi connectivity index (χ4n) is 4.28. The van der Waals surface area contributed by atoms with Crippen molar-refractivity contribution in [3.63, 3.8) is 0 Å². The number of allylic oxidation sites excluding steroid dienone is 2. The minimum atomic E-state index is 0.161. The van der Waals surface area contributed by atoms with Crippen LogP contribution in [0.1, 0.15) is 67.2 Å². The molecule has 0 bridgehead atoms. The third kappa shape index (κ3) is 3.05. The lowest BCUT2D eigenvalue weighted by Crippen LogP contribution is -2.46. The van der Waals surface area contributed by atoms with E-state index >= 15 is 0 Å². The molecule has 22 heavy (non-hydrogen) atoms. The van der Waals surface area contributed by atoms with Gasteiger partial charge in [-0.3, -0.25) is 0 Å². The molecule has 2 aliphatic carbocycles. The second-order valence-corrected chi connectivity index (χ2v) is 9.41. The third-order valence-corrected chi connectivity index (χ3v) is 5.82. The lowest BCUT2D eigenvalue weighted by molar-refractivity contribution is -0.384. The number of fused-ring (bicyclic) bond motifs is 3. The Bertz CT molecular complexity index is 441. The molecule has 1 saturated heterocycles. The lowest BCUT2D eigenvalue weighted by Gasteiger charge is -2.46. The van der Waals surface area contributed by atoms with E-state index in [0.29, 0.717) is 11.8 Å². The Balaban J connectivity index is 1.78. The number of hydrogen-bond acceptors (Lipinski definition) is 2. The van der Waals surface area contributed by atoms with Gasteiger partial charge < -0.3 is 0 Å². The van der Waals surface area contributed by atoms with Crippen molar-refractivity contribution in [2.45, 2.75) is 79.4 Å². The van der Waals surface area contributed by atoms with E-state index in [1.807, 2.05) is 0 Å². The molecule has 0 radical (unpaired) electrons. The highest BCUT2D eigenvalue weighted by molar-refractivity contribution is 5.22. The van der Waals surface area contributed by atoms with Crippen molar-refractivity contribution < 1.29 is 9.78 Å². The predicted molar refractivity (Wildman–Crippen MR) is 90.3 cm³/mol. The van der Waals surface area contributed by atoms with Gasteiger partial charge in [-0.1, -0.05) is 64.8 Å². The summed E-state index contributed by atoms with van der Waals surface area (Å²) in [6.07, 6.45) is 9.96. The average molecular weight is 304 g/mol. The zero-order valence-electron chi connectivity index (χ0n) is 15.1. The quantitative estimate of drug-likeness (QED) is 0.437. The second kappa shape index (κ2) is 5.49. The molecule has 0 aromatic rings. The first-order valence-corrected chi connectivity index (χ1v) is 8.91. The number of rotatable bonds is 0. The summed E-state index contributed by atoms with van der Waals surface area (Å²) in [5, 5.41) is 0. The van der Waals surface area contributed by atoms with Gasteiger partial charge in [0.05, 0.1) is 0 Å². The molecule has 124 valence electrons. The normalized spacial score (nSPS) is 36.1. The molecule has 0 spiro atoms. The zero-order valence-corrected chi connectivity index (χ0v) is 15.1. The van der Waals surface area contributed by atoms with Crippen LogP contribution in [0, 0.1) is 22.7 Å². The summed E-state index contributed by atoms with van der Waals surface area (Å²) in [7, 11) is 0. The smallest absolute Gasteiger partial charge is 0.115 e. The van der Waals surface area contributed by atoms with Crippen molar-refractivity contribution in [3.8, 4) is 0 Å². The summed E-state index contributed by atoms with van der Waals surface area (Å²) in [5.74, 6) is 1.25. The Morgan fingerprint density at radius 1 is 0.727 bits per heavy atom. The minimum Gasteiger partial charge on any atom is -0.228 e. The molecule has 1 heterocycles. The highest BCUT2D eigenvalue weighted by Crippen LogP contribution is 2.47. The van der Waals surface area contributed by atoms with Crippen molar-refractivity contribution in [2.75, 3.05) is 0 Å². The van der Waals surface area contributed by atoms with E-state index < -0.39 is 0 Å². The molecule has 2 heteroatoms. The fraction of sp³-hybridized carbons (Fsp3) is 0.800. The van der Waals surface area contributed by atoms with Crippen LogP contribution in [0.15, 0.2) is 23.3 Å². The van der Waals surface area contributed by atoms with Gasteiger partial charge in [0.15, 0.2) is 0 Å². The van der Waals surface area contributed by atoms with Crippen molar-refractivity contribution in [1.82, 2.24) is 0 Å². The second-order valence-electron chi connectivity index (χ2n) is 9.41. The Morgan fingerprint density at radius 3 is 1.41 bits per heavy atom. The maximum Gasteiger partial charge on any atom is 0.115 e. The monoisotopic (exact) mass is 304 g/mol. The van der Waals surface area contributed by atoms with E-state index in [-0.39, 0.29) is 23.0 Å². The molecule has 3 aliphatic rings. The third-order valence-electron chi connectivity index (χ3n) is 5.82. The van der Waals surface area contributed by atoms with Crippen LogP contribution in [0.4, 0.5) is 0 Å². The molecule has 1 aliphatic heterocycles. The molecule has 0 N–H and O–H groups in total. The van der Waals surface area contributed by atoms with Gasteiger partial charge in [-0.05, 0) is 48.3 Å². The SMILES string of the molecule is CC(C)(C)C1=C[C@H]2OO[C@@H]3C=C(C(C)(C)C)CC[C@H]3[C@H]2CC1. The summed E-state index contributed by atoms with van der Waals surface area (Å²) in [4.78, 5) is 11.6. The molecule has 4 atom stereocenters. The van der Waals surface area contributed by atoms with Gasteiger partial charge >= 0.3 is 0 Å². The fourth-order valence-corrected chi connectivity index (χ4v) is 4.28. The van der Waals surface area contributed by atoms with Crippen LogP contribution in [0.3, 0.4) is 0 Å². The molecular formula is C20H32O2. The summed E-state index contributed by atoms with van der Waals surface area (Å²) in [5.41, 5.74) is 3.55. The summed E-state index contributed by atoms with van der Waals surface area (Å²) >= 11 is 0. The van der Waals surface area contributed by atoms with Crippen molar-refractivity contribution >= 4 is 0 Å². The molecule has 0 aromatic carbocycles. The van der Waals surface area contributed by atoms with Gasteiger partial charge in [0.25, 0.3) is 0 Å². The van der Waals surface area contributed by atoms with Gasteiger partial charge in [-0.15, -0.1) is 0 Å². The van der Waals surface area contributed by atoms with Crippen LogP contribution in [0.25, 0.3) is 0 Å². The molecule has 3 rings (SSSR count). The van der Waals surface area contributed by atoms with Crippen LogP contribution in [-0.2, 0) is 9.78 Å². The summed E-state index contributed by atoms with van der Waals surface area (Å²) in [6.45, 7) is 13.8. The van der Waals surface area contributed by atoms with Gasteiger partial charge in [-0.25, -0.2) is 9.78 Å². The van der Waals surface area contributed by atoms with Crippen LogP contribution in [0.2, 0.25) is 0 Å². The van der Waals surface area contributed by atoms with Crippen LogP contribution in [-0.4, -0.2) is 12.2 Å². The van der Waals surface area contributed by atoms with Gasteiger partial charge in [0.2, 0.25) is 0 Å². The van der Waals surface area contributed by atoms with Crippen LogP contribution in [0.5, 0.6) is 0 Å². The Kier molecular flexibility index (Phi) is 4.06. The zero-order chi connectivity index (χ0) is 16.1. The molecule has 1 fully saturated rings. The topological polar surface area (TPSA) is 18.5 Å². The molecule has 0 unspecified atom stereocenters. The van der Waals surface area contributed by atoms with Crippen LogP contribution >= 0.6 is 0 Å². The molecule has 2 nitrogen and oxygen atoms in total. The van der Waals surface area contributed by atoms with E-state index in [9.17, 15) is 0 Å². The van der Waals surface area contributed by atoms with E-state index in [1.165, 1.54) is 36.8 Å². The number of hydrogen-bond donors (Lipinski definition) is 0.